The number of amides is 4. The quantitative estimate of drug-likeness (QED) is 0.229. The van der Waals surface area contributed by atoms with E-state index in [1.807, 2.05) is 6.07 Å². The van der Waals surface area contributed by atoms with E-state index >= 15 is 0 Å². The van der Waals surface area contributed by atoms with E-state index in [2.05, 4.69) is 26.0 Å². The van der Waals surface area contributed by atoms with Crippen molar-refractivity contribution in [3.8, 4) is 0 Å². The summed E-state index contributed by atoms with van der Waals surface area (Å²) in [6, 6.07) is 6.00. The minimum atomic E-state index is -1.72. The van der Waals surface area contributed by atoms with Crippen molar-refractivity contribution in [3.63, 3.8) is 0 Å². The zero-order valence-corrected chi connectivity index (χ0v) is 18.6. The number of hydrogen-bond acceptors (Lipinski definition) is 7. The van der Waals surface area contributed by atoms with Gasteiger partial charge in [-0.15, -0.1) is 0 Å². The lowest BCUT2D eigenvalue weighted by molar-refractivity contribution is -0.132. The highest BCUT2D eigenvalue weighted by Crippen LogP contribution is 2.07. The van der Waals surface area contributed by atoms with E-state index in [0.29, 0.717) is 0 Å². The molecule has 4 amide bonds. The van der Waals surface area contributed by atoms with Gasteiger partial charge >= 0.3 is 13.2 Å². The Hall–Kier alpha value is -3.12. The van der Waals surface area contributed by atoms with Gasteiger partial charge in [0.25, 0.3) is 0 Å². The fourth-order valence-electron chi connectivity index (χ4n) is 2.77. The van der Waals surface area contributed by atoms with E-state index in [9.17, 15) is 19.2 Å². The average molecular weight is 450 g/mol. The van der Waals surface area contributed by atoms with E-state index in [1.165, 1.54) is 14.0 Å². The molecule has 1 aromatic carbocycles. The summed E-state index contributed by atoms with van der Waals surface area (Å²) in [7, 11) is -0.541. The van der Waals surface area contributed by atoms with Crippen LogP contribution in [0.2, 0.25) is 0 Å². The van der Waals surface area contributed by atoms with E-state index in [4.69, 9.17) is 10.0 Å². The first-order valence-corrected chi connectivity index (χ1v) is 10.2. The molecule has 1 rings (SSSR count). The number of methoxy groups -OCH3 is 1. The average Bonchev–Trinajstić information content (AvgIpc) is 2.75. The Labute approximate surface area is 187 Å². The molecule has 32 heavy (non-hydrogen) atoms. The van der Waals surface area contributed by atoms with Gasteiger partial charge in [0.05, 0.1) is 13.6 Å². The van der Waals surface area contributed by atoms with Gasteiger partial charge in [-0.25, -0.2) is 4.79 Å². The van der Waals surface area contributed by atoms with E-state index < -0.39 is 55.5 Å². The molecule has 0 saturated heterocycles. The van der Waals surface area contributed by atoms with Gasteiger partial charge in [-0.1, -0.05) is 44.2 Å². The molecule has 3 unspecified atom stereocenters. The third kappa shape index (κ3) is 9.35. The summed E-state index contributed by atoms with van der Waals surface area (Å²) in [5.74, 6) is -2.11. The molecule has 12 heteroatoms. The largest absolute Gasteiger partial charge is 0.472 e. The fourth-order valence-corrected chi connectivity index (χ4v) is 2.77. The number of hydrogen-bond donors (Lipinski definition) is 6. The second-order valence-electron chi connectivity index (χ2n) is 7.56. The normalized spacial score (nSPS) is 13.3. The van der Waals surface area contributed by atoms with Crippen LogP contribution in [-0.2, 0) is 25.5 Å². The number of carbonyl (C=O) groups excluding carboxylic acids is 4. The standard InChI is InChI=1S/C20H31BN4O7/c1-12(2)16(25-20(29)32-4)19(28)24-15(10-14-8-6-5-7-9-14)18(27)23-13(3)17(26)22-11-21(30)31/h5-9,12-13,15-16,30-31H,10-11H2,1-4H3,(H,22,26)(H,23,27)(H,24,28)(H,25,29). The number of benzene rings is 1. The van der Waals surface area contributed by atoms with Crippen LogP contribution < -0.4 is 21.3 Å². The van der Waals surface area contributed by atoms with Gasteiger partial charge in [0.2, 0.25) is 17.7 Å². The fraction of sp³-hybridized carbons (Fsp3) is 0.500. The van der Waals surface area contributed by atoms with Crippen molar-refractivity contribution >= 4 is 30.9 Å². The molecule has 1 aromatic rings. The predicted octanol–water partition coefficient (Wildman–Crippen LogP) is -1.27. The van der Waals surface area contributed by atoms with Gasteiger partial charge in [0, 0.05) is 6.42 Å². The number of nitrogens with one attached hydrogen (secondary N) is 4. The summed E-state index contributed by atoms with van der Waals surface area (Å²) in [6.45, 7) is 4.89. The van der Waals surface area contributed by atoms with Crippen molar-refractivity contribution in [2.45, 2.75) is 45.3 Å². The van der Waals surface area contributed by atoms with Crippen molar-refractivity contribution < 1.29 is 34.0 Å². The number of carbonyl (C=O) groups is 4. The Bertz CT molecular complexity index is 776. The van der Waals surface area contributed by atoms with Crippen molar-refractivity contribution in [2.75, 3.05) is 13.6 Å². The van der Waals surface area contributed by atoms with Gasteiger partial charge in [-0.2, -0.15) is 0 Å². The predicted molar refractivity (Wildman–Crippen MR) is 117 cm³/mol. The summed E-state index contributed by atoms with van der Waals surface area (Å²) in [5.41, 5.74) is 0.774. The van der Waals surface area contributed by atoms with E-state index in [-0.39, 0.29) is 12.3 Å². The highest BCUT2D eigenvalue weighted by atomic mass is 16.5. The Morgan fingerprint density at radius 2 is 1.56 bits per heavy atom. The second-order valence-corrected chi connectivity index (χ2v) is 7.56. The van der Waals surface area contributed by atoms with E-state index in [1.54, 1.807) is 38.1 Å². The molecule has 0 heterocycles. The van der Waals surface area contributed by atoms with Crippen molar-refractivity contribution in [3.05, 3.63) is 35.9 Å². The number of rotatable bonds is 11. The minimum absolute atomic E-state index is 0.144. The summed E-state index contributed by atoms with van der Waals surface area (Å²) in [4.78, 5) is 49.4. The summed E-state index contributed by atoms with van der Waals surface area (Å²) < 4.78 is 4.56. The Morgan fingerprint density at radius 1 is 0.938 bits per heavy atom. The van der Waals surface area contributed by atoms with Crippen molar-refractivity contribution in [1.82, 2.24) is 21.3 Å². The topological polar surface area (TPSA) is 166 Å². The third-order valence-electron chi connectivity index (χ3n) is 4.53. The van der Waals surface area contributed by atoms with Crippen LogP contribution >= 0.6 is 0 Å². The first-order valence-electron chi connectivity index (χ1n) is 10.2. The molecule has 3 atom stereocenters. The molecule has 0 radical (unpaired) electrons. The second kappa shape index (κ2) is 13.3. The lowest BCUT2D eigenvalue weighted by atomic mass is 9.92. The molecule has 0 spiro atoms. The molecular weight excluding hydrogens is 419 g/mol. The first-order chi connectivity index (χ1) is 15.0. The molecule has 0 aliphatic heterocycles. The van der Waals surface area contributed by atoms with Gasteiger partial charge in [-0.3, -0.25) is 14.4 Å². The molecule has 11 nitrogen and oxygen atoms in total. The molecule has 0 bridgehead atoms. The van der Waals surface area contributed by atoms with Crippen LogP contribution in [0.5, 0.6) is 0 Å². The van der Waals surface area contributed by atoms with Gasteiger partial charge in [0.15, 0.2) is 0 Å². The number of alkyl carbamates (subject to hydrolysis) is 1. The van der Waals surface area contributed by atoms with Crippen LogP contribution in [0.3, 0.4) is 0 Å². The molecule has 0 saturated carbocycles. The van der Waals surface area contributed by atoms with Crippen LogP contribution in [0.15, 0.2) is 30.3 Å². The lowest BCUT2D eigenvalue weighted by Crippen LogP contribution is -2.58. The third-order valence-corrected chi connectivity index (χ3v) is 4.53. The van der Waals surface area contributed by atoms with Crippen LogP contribution in [0.4, 0.5) is 4.79 Å². The summed E-state index contributed by atoms with van der Waals surface area (Å²) in [6.07, 6.45) is -1.02. The highest BCUT2D eigenvalue weighted by molar-refractivity contribution is 6.41. The maximum atomic E-state index is 12.9. The van der Waals surface area contributed by atoms with Crippen LogP contribution in [0, 0.1) is 5.92 Å². The van der Waals surface area contributed by atoms with Crippen LogP contribution in [0.1, 0.15) is 26.3 Å². The van der Waals surface area contributed by atoms with Crippen LogP contribution in [0.25, 0.3) is 0 Å². The molecule has 0 aromatic heterocycles. The van der Waals surface area contributed by atoms with Gasteiger partial charge in [0.1, 0.15) is 18.1 Å². The molecular formula is C20H31BN4O7. The highest BCUT2D eigenvalue weighted by Gasteiger charge is 2.30. The number of ether oxygens (including phenoxy) is 1. The van der Waals surface area contributed by atoms with Crippen LogP contribution in [-0.4, -0.2) is 72.7 Å². The molecule has 0 aliphatic rings. The molecule has 0 fully saturated rings. The zero-order valence-electron chi connectivity index (χ0n) is 18.6. The summed E-state index contributed by atoms with van der Waals surface area (Å²) >= 11 is 0. The summed E-state index contributed by atoms with van der Waals surface area (Å²) in [5, 5.41) is 27.6. The maximum absolute atomic E-state index is 12.9. The Morgan fingerprint density at radius 3 is 2.09 bits per heavy atom. The van der Waals surface area contributed by atoms with Gasteiger partial charge < -0.3 is 36.1 Å². The maximum Gasteiger partial charge on any atom is 0.472 e. The molecule has 6 N–H and O–H groups in total. The first kappa shape index (κ1) is 26.9. The van der Waals surface area contributed by atoms with E-state index in [0.717, 1.165) is 5.56 Å². The van der Waals surface area contributed by atoms with Gasteiger partial charge in [-0.05, 0) is 18.4 Å². The lowest BCUT2D eigenvalue weighted by Gasteiger charge is -2.26. The molecule has 176 valence electrons. The monoisotopic (exact) mass is 450 g/mol. The Kier molecular flexibility index (Phi) is 11.2. The minimum Gasteiger partial charge on any atom is -0.453 e. The molecule has 0 aliphatic carbocycles. The zero-order chi connectivity index (χ0) is 24.3. The Balaban J connectivity index is 2.96. The van der Waals surface area contributed by atoms with Crippen molar-refractivity contribution in [1.29, 1.82) is 0 Å². The SMILES string of the molecule is COC(=O)NC(C(=O)NC(Cc1ccccc1)C(=O)NC(C)C(=O)NCB(O)O)C(C)C. The van der Waals surface area contributed by atoms with Crippen molar-refractivity contribution in [2.24, 2.45) is 5.92 Å². The smallest absolute Gasteiger partial charge is 0.453 e.